The molecule has 0 aliphatic heterocycles. The summed E-state index contributed by atoms with van der Waals surface area (Å²) >= 11 is 0. The fourth-order valence-electron chi connectivity index (χ4n) is 2.81. The van der Waals surface area contributed by atoms with Crippen LogP contribution in [0.2, 0.25) is 0 Å². The van der Waals surface area contributed by atoms with E-state index in [-0.39, 0.29) is 17.7 Å². The van der Waals surface area contributed by atoms with Crippen LogP contribution in [-0.2, 0) is 18.3 Å². The van der Waals surface area contributed by atoms with Gasteiger partial charge in [0.15, 0.2) is 0 Å². The third kappa shape index (κ3) is 3.14. The number of H-pyrrole nitrogens is 1. The molecule has 0 bridgehead atoms. The number of aromatic carboxylic acids is 1. The second-order valence-corrected chi connectivity index (χ2v) is 5.76. The lowest BCUT2D eigenvalue weighted by Gasteiger charge is -2.14. The Morgan fingerprint density at radius 3 is 2.69 bits per heavy atom. The summed E-state index contributed by atoms with van der Waals surface area (Å²) in [5, 5.41) is 25.6. The van der Waals surface area contributed by atoms with E-state index in [1.54, 1.807) is 6.20 Å². The number of aliphatic carboxylic acids is 1. The van der Waals surface area contributed by atoms with Gasteiger partial charge in [-0.05, 0) is 11.6 Å². The molecular weight excluding hydrogens is 340 g/mol. The number of hydrogen-bond donors (Lipinski definition) is 4. The molecule has 0 unspecified atom stereocenters. The van der Waals surface area contributed by atoms with Crippen molar-refractivity contribution in [1.82, 2.24) is 20.1 Å². The number of hydrogen-bond acceptors (Lipinski definition) is 4. The first-order chi connectivity index (χ1) is 12.4. The summed E-state index contributed by atoms with van der Waals surface area (Å²) in [7, 11) is 1.41. The lowest BCUT2D eigenvalue weighted by Crippen LogP contribution is -2.43. The minimum absolute atomic E-state index is 0.0470. The van der Waals surface area contributed by atoms with E-state index >= 15 is 0 Å². The molecular formula is C17H16N4O5. The molecule has 1 atom stereocenters. The molecule has 3 aromatic rings. The van der Waals surface area contributed by atoms with Crippen molar-refractivity contribution < 1.29 is 24.6 Å². The fourth-order valence-corrected chi connectivity index (χ4v) is 2.81. The van der Waals surface area contributed by atoms with Gasteiger partial charge in [0.25, 0.3) is 5.91 Å². The largest absolute Gasteiger partial charge is 0.480 e. The number of aryl methyl sites for hydroxylation is 1. The van der Waals surface area contributed by atoms with Gasteiger partial charge in [0, 0.05) is 30.6 Å². The topological polar surface area (TPSA) is 137 Å². The predicted octanol–water partition coefficient (Wildman–Crippen LogP) is 1.03. The quantitative estimate of drug-likeness (QED) is 0.520. The SMILES string of the molecule is Cn1ncc(C(=O)O)c1C(=O)N[C@@H](Cc1c[nH]c2ccccc12)C(=O)O. The van der Waals surface area contributed by atoms with Gasteiger partial charge in [-0.25, -0.2) is 9.59 Å². The average molecular weight is 356 g/mol. The molecule has 0 aliphatic carbocycles. The molecule has 0 radical (unpaired) electrons. The molecule has 1 aromatic carbocycles. The van der Waals surface area contributed by atoms with E-state index < -0.39 is 23.9 Å². The first-order valence-corrected chi connectivity index (χ1v) is 7.72. The second-order valence-electron chi connectivity index (χ2n) is 5.76. The number of aromatic nitrogens is 3. The first kappa shape index (κ1) is 17.2. The van der Waals surface area contributed by atoms with Crippen molar-refractivity contribution in [3.8, 4) is 0 Å². The van der Waals surface area contributed by atoms with Crippen LogP contribution in [0.3, 0.4) is 0 Å². The van der Waals surface area contributed by atoms with Gasteiger partial charge >= 0.3 is 11.9 Å². The van der Waals surface area contributed by atoms with E-state index in [2.05, 4.69) is 15.4 Å². The number of nitrogens with one attached hydrogen (secondary N) is 2. The predicted molar refractivity (Wildman–Crippen MR) is 91.1 cm³/mol. The second kappa shape index (κ2) is 6.71. The van der Waals surface area contributed by atoms with Crippen LogP contribution in [0.15, 0.2) is 36.7 Å². The Balaban J connectivity index is 1.86. The van der Waals surface area contributed by atoms with Crippen molar-refractivity contribution in [2.24, 2.45) is 7.05 Å². The molecule has 9 nitrogen and oxygen atoms in total. The summed E-state index contributed by atoms with van der Waals surface area (Å²) in [6.45, 7) is 0. The molecule has 2 heterocycles. The molecule has 0 spiro atoms. The average Bonchev–Trinajstić information content (AvgIpc) is 3.18. The Bertz CT molecular complexity index is 1000. The van der Waals surface area contributed by atoms with Gasteiger partial charge in [-0.15, -0.1) is 0 Å². The monoisotopic (exact) mass is 356 g/mol. The number of aromatic amines is 1. The molecule has 0 aliphatic rings. The lowest BCUT2D eigenvalue weighted by molar-refractivity contribution is -0.139. The smallest absolute Gasteiger partial charge is 0.339 e. The Kier molecular flexibility index (Phi) is 4.44. The van der Waals surface area contributed by atoms with Gasteiger partial charge in [-0.2, -0.15) is 5.10 Å². The molecule has 0 fully saturated rings. The van der Waals surface area contributed by atoms with Crippen molar-refractivity contribution >= 4 is 28.7 Å². The Hall–Kier alpha value is -3.62. The highest BCUT2D eigenvalue weighted by Crippen LogP contribution is 2.19. The van der Waals surface area contributed by atoms with Crippen molar-refractivity contribution in [2.75, 3.05) is 0 Å². The molecule has 0 saturated carbocycles. The van der Waals surface area contributed by atoms with Crippen LogP contribution >= 0.6 is 0 Å². The van der Waals surface area contributed by atoms with Gasteiger partial charge in [0.1, 0.15) is 17.3 Å². The van der Waals surface area contributed by atoms with Crippen molar-refractivity contribution in [3.05, 3.63) is 53.5 Å². The molecule has 2 aromatic heterocycles. The molecule has 3 rings (SSSR count). The summed E-state index contributed by atoms with van der Waals surface area (Å²) in [4.78, 5) is 38.3. The van der Waals surface area contributed by atoms with E-state index in [9.17, 15) is 19.5 Å². The lowest BCUT2D eigenvalue weighted by atomic mass is 10.0. The normalized spacial score (nSPS) is 12.0. The zero-order valence-corrected chi connectivity index (χ0v) is 13.8. The van der Waals surface area contributed by atoms with Gasteiger partial charge in [0.05, 0.1) is 6.20 Å². The van der Waals surface area contributed by atoms with E-state index in [1.165, 1.54) is 7.05 Å². The fraction of sp³-hybridized carbons (Fsp3) is 0.176. The number of carboxylic acid groups (broad SMARTS) is 2. The number of benzene rings is 1. The number of amides is 1. The first-order valence-electron chi connectivity index (χ1n) is 7.72. The van der Waals surface area contributed by atoms with Crippen LogP contribution in [0, 0.1) is 0 Å². The minimum Gasteiger partial charge on any atom is -0.480 e. The highest BCUT2D eigenvalue weighted by atomic mass is 16.4. The van der Waals surface area contributed by atoms with Crippen LogP contribution in [0.1, 0.15) is 26.4 Å². The van der Waals surface area contributed by atoms with E-state index in [1.807, 2.05) is 24.3 Å². The van der Waals surface area contributed by atoms with Crippen LogP contribution in [0.4, 0.5) is 0 Å². The van der Waals surface area contributed by atoms with Crippen LogP contribution in [0.25, 0.3) is 10.9 Å². The number of carboxylic acids is 2. The Morgan fingerprint density at radius 1 is 1.27 bits per heavy atom. The molecule has 9 heteroatoms. The summed E-state index contributed by atoms with van der Waals surface area (Å²) in [5.74, 6) is -3.34. The van der Waals surface area contributed by atoms with Crippen molar-refractivity contribution in [3.63, 3.8) is 0 Å². The van der Waals surface area contributed by atoms with Gasteiger partial charge in [0.2, 0.25) is 0 Å². The number of nitrogens with zero attached hydrogens (tertiary/aromatic N) is 2. The number of carbonyl (C=O) groups is 3. The Labute approximate surface area is 147 Å². The van der Waals surface area contributed by atoms with E-state index in [0.717, 1.165) is 27.3 Å². The standard InChI is InChI=1S/C17H16N4O5/c1-21-14(11(8-19-21)16(23)24)15(22)20-13(17(25)26)6-9-7-18-12-5-3-2-4-10(9)12/h2-5,7-8,13,18H,6H2,1H3,(H,20,22)(H,23,24)(H,25,26)/t13-/m0/s1. The maximum Gasteiger partial charge on any atom is 0.339 e. The highest BCUT2D eigenvalue weighted by molar-refractivity contribution is 6.04. The third-order valence-electron chi connectivity index (χ3n) is 4.09. The molecule has 0 saturated heterocycles. The minimum atomic E-state index is -1.31. The summed E-state index contributed by atoms with van der Waals surface area (Å²) in [6.07, 6.45) is 2.79. The number of rotatable bonds is 6. The molecule has 134 valence electrons. The number of carbonyl (C=O) groups excluding carboxylic acids is 1. The van der Waals surface area contributed by atoms with Crippen LogP contribution < -0.4 is 5.32 Å². The Morgan fingerprint density at radius 2 is 2.00 bits per heavy atom. The maximum absolute atomic E-state index is 12.5. The molecule has 4 N–H and O–H groups in total. The van der Waals surface area contributed by atoms with Crippen LogP contribution in [0.5, 0.6) is 0 Å². The van der Waals surface area contributed by atoms with Crippen molar-refractivity contribution in [2.45, 2.75) is 12.5 Å². The zero-order valence-electron chi connectivity index (χ0n) is 13.8. The van der Waals surface area contributed by atoms with Crippen molar-refractivity contribution in [1.29, 1.82) is 0 Å². The summed E-state index contributed by atoms with van der Waals surface area (Å²) < 4.78 is 1.10. The number of para-hydroxylation sites is 1. The van der Waals surface area contributed by atoms with Gasteiger partial charge < -0.3 is 20.5 Å². The molecule has 26 heavy (non-hydrogen) atoms. The molecule has 1 amide bonds. The summed E-state index contributed by atoms with van der Waals surface area (Å²) in [6, 6.07) is 6.18. The van der Waals surface area contributed by atoms with Gasteiger partial charge in [-0.3, -0.25) is 9.48 Å². The number of fused-ring (bicyclic) bond motifs is 1. The highest BCUT2D eigenvalue weighted by Gasteiger charge is 2.27. The van der Waals surface area contributed by atoms with Gasteiger partial charge in [-0.1, -0.05) is 18.2 Å². The zero-order chi connectivity index (χ0) is 18.8. The third-order valence-corrected chi connectivity index (χ3v) is 4.09. The maximum atomic E-state index is 12.5. The summed E-state index contributed by atoms with van der Waals surface area (Å²) in [5.41, 5.74) is 1.10. The van der Waals surface area contributed by atoms with E-state index in [4.69, 9.17) is 5.11 Å². The van der Waals surface area contributed by atoms with Crippen LogP contribution in [-0.4, -0.2) is 48.9 Å². The van der Waals surface area contributed by atoms with E-state index in [0.29, 0.717) is 0 Å².